The van der Waals surface area contributed by atoms with Gasteiger partial charge in [0.2, 0.25) is 0 Å². The fraction of sp³-hybridized carbons (Fsp3) is 0.100. The highest BCUT2D eigenvalue weighted by Crippen LogP contribution is 2.30. The van der Waals surface area contributed by atoms with E-state index in [-0.39, 0.29) is 5.75 Å². The molecule has 0 bridgehead atoms. The Labute approximate surface area is 158 Å². The quantitative estimate of drug-likeness (QED) is 0.473. The molecule has 136 valence electrons. The smallest absolute Gasteiger partial charge is 0.387 e. The number of fused-ring (bicyclic) bond motifs is 1. The molecule has 0 spiro atoms. The van der Waals surface area contributed by atoms with Crippen molar-refractivity contribution in [2.45, 2.75) is 13.2 Å². The fourth-order valence-corrected chi connectivity index (χ4v) is 3.63. The third-order valence-electron chi connectivity index (χ3n) is 3.97. The second-order valence-corrected chi connectivity index (χ2v) is 6.85. The van der Waals surface area contributed by atoms with Crippen molar-refractivity contribution < 1.29 is 13.5 Å². The molecule has 2 heterocycles. The highest BCUT2D eigenvalue weighted by molar-refractivity contribution is 7.22. The molecule has 0 aliphatic rings. The van der Waals surface area contributed by atoms with Crippen LogP contribution in [0.1, 0.15) is 5.56 Å². The molecule has 0 saturated carbocycles. The van der Waals surface area contributed by atoms with Crippen LogP contribution in [0.4, 0.5) is 13.9 Å². The minimum absolute atomic E-state index is 0.149. The van der Waals surface area contributed by atoms with E-state index in [4.69, 9.17) is 0 Å². The molecule has 0 atom stereocenters. The normalized spacial score (nSPS) is 11.1. The van der Waals surface area contributed by atoms with E-state index in [9.17, 15) is 8.78 Å². The van der Waals surface area contributed by atoms with Gasteiger partial charge in [0, 0.05) is 18.9 Å². The SMILES string of the molecule is FC(F)Oc1cccc(CNc2nc3ccc(-c4ccncc4)cc3s2)c1. The van der Waals surface area contributed by atoms with Crippen LogP contribution in [0.2, 0.25) is 0 Å². The van der Waals surface area contributed by atoms with Crippen LogP contribution in [0.5, 0.6) is 5.75 Å². The van der Waals surface area contributed by atoms with Crippen LogP contribution in [0.15, 0.2) is 67.0 Å². The Kier molecular flexibility index (Phi) is 4.93. The van der Waals surface area contributed by atoms with Crippen LogP contribution in [0.25, 0.3) is 21.3 Å². The maximum Gasteiger partial charge on any atom is 0.387 e. The zero-order valence-electron chi connectivity index (χ0n) is 14.1. The van der Waals surface area contributed by atoms with Crippen molar-refractivity contribution in [2.24, 2.45) is 0 Å². The predicted molar refractivity (Wildman–Crippen MR) is 103 cm³/mol. The number of aromatic nitrogens is 2. The number of ether oxygens (including phenoxy) is 1. The van der Waals surface area contributed by atoms with Gasteiger partial charge in [-0.25, -0.2) is 4.98 Å². The van der Waals surface area contributed by atoms with E-state index in [0.29, 0.717) is 6.54 Å². The molecule has 4 aromatic rings. The van der Waals surface area contributed by atoms with Crippen LogP contribution in [0.3, 0.4) is 0 Å². The number of benzene rings is 2. The number of hydrogen-bond donors (Lipinski definition) is 1. The molecule has 4 nitrogen and oxygen atoms in total. The zero-order valence-corrected chi connectivity index (χ0v) is 14.9. The summed E-state index contributed by atoms with van der Waals surface area (Å²) in [5.74, 6) is 0.149. The summed E-state index contributed by atoms with van der Waals surface area (Å²) in [6, 6.07) is 16.7. The number of halogens is 2. The molecule has 27 heavy (non-hydrogen) atoms. The summed E-state index contributed by atoms with van der Waals surface area (Å²) in [5.41, 5.74) is 3.96. The number of nitrogens with one attached hydrogen (secondary N) is 1. The Morgan fingerprint density at radius 3 is 2.67 bits per heavy atom. The molecule has 0 amide bonds. The predicted octanol–water partition coefficient (Wildman–Crippen LogP) is 5.57. The molecule has 7 heteroatoms. The molecule has 0 unspecified atom stereocenters. The van der Waals surface area contributed by atoms with Crippen LogP contribution in [-0.4, -0.2) is 16.6 Å². The lowest BCUT2D eigenvalue weighted by atomic mass is 10.1. The Morgan fingerprint density at radius 2 is 1.85 bits per heavy atom. The molecule has 1 N–H and O–H groups in total. The molecule has 0 radical (unpaired) electrons. The lowest BCUT2D eigenvalue weighted by Crippen LogP contribution is -2.03. The van der Waals surface area contributed by atoms with Gasteiger partial charge in [-0.15, -0.1) is 0 Å². The molecule has 0 aliphatic heterocycles. The maximum atomic E-state index is 12.3. The number of rotatable bonds is 6. The van der Waals surface area contributed by atoms with Gasteiger partial charge in [-0.1, -0.05) is 29.5 Å². The minimum Gasteiger partial charge on any atom is -0.435 e. The first kappa shape index (κ1) is 17.4. The van der Waals surface area contributed by atoms with Gasteiger partial charge < -0.3 is 10.1 Å². The third kappa shape index (κ3) is 4.20. The summed E-state index contributed by atoms with van der Waals surface area (Å²) in [6.07, 6.45) is 3.54. The van der Waals surface area contributed by atoms with E-state index >= 15 is 0 Å². The monoisotopic (exact) mass is 383 g/mol. The summed E-state index contributed by atoms with van der Waals surface area (Å²) in [6.45, 7) is -2.36. The van der Waals surface area contributed by atoms with E-state index in [0.717, 1.165) is 32.0 Å². The number of thiazole rings is 1. The Hall–Kier alpha value is -3.06. The molecule has 2 aromatic carbocycles. The second-order valence-electron chi connectivity index (χ2n) is 5.82. The van der Waals surface area contributed by atoms with Crippen LogP contribution in [0, 0.1) is 0 Å². The first-order valence-electron chi connectivity index (χ1n) is 8.26. The molecule has 0 aliphatic carbocycles. The Balaban J connectivity index is 1.50. The number of alkyl halides is 2. The van der Waals surface area contributed by atoms with Gasteiger partial charge in [0.1, 0.15) is 5.75 Å². The summed E-state index contributed by atoms with van der Waals surface area (Å²) in [7, 11) is 0. The van der Waals surface area contributed by atoms with Crippen molar-refractivity contribution in [2.75, 3.05) is 5.32 Å². The van der Waals surface area contributed by atoms with Gasteiger partial charge in [-0.05, 0) is 53.1 Å². The zero-order chi connectivity index (χ0) is 18.6. The van der Waals surface area contributed by atoms with Crippen molar-refractivity contribution in [3.8, 4) is 16.9 Å². The van der Waals surface area contributed by atoms with Crippen molar-refractivity contribution >= 4 is 26.7 Å². The van der Waals surface area contributed by atoms with Crippen molar-refractivity contribution in [1.29, 1.82) is 0 Å². The molecular formula is C20H15F2N3OS. The van der Waals surface area contributed by atoms with E-state index in [2.05, 4.69) is 26.1 Å². The first-order valence-corrected chi connectivity index (χ1v) is 9.08. The number of anilines is 1. The van der Waals surface area contributed by atoms with Gasteiger partial charge in [0.15, 0.2) is 5.13 Å². The van der Waals surface area contributed by atoms with Crippen LogP contribution in [-0.2, 0) is 6.54 Å². The van der Waals surface area contributed by atoms with Crippen molar-refractivity contribution in [3.05, 3.63) is 72.6 Å². The lowest BCUT2D eigenvalue weighted by molar-refractivity contribution is -0.0498. The highest BCUT2D eigenvalue weighted by atomic mass is 32.1. The van der Waals surface area contributed by atoms with Gasteiger partial charge in [0.05, 0.1) is 10.2 Å². The average Bonchev–Trinajstić information content (AvgIpc) is 3.09. The molecule has 0 fully saturated rings. The van der Waals surface area contributed by atoms with Crippen molar-refractivity contribution in [1.82, 2.24) is 9.97 Å². The Bertz CT molecular complexity index is 1050. The summed E-state index contributed by atoms with van der Waals surface area (Å²) >= 11 is 1.55. The topological polar surface area (TPSA) is 47.0 Å². The Morgan fingerprint density at radius 1 is 1.00 bits per heavy atom. The van der Waals surface area contributed by atoms with E-state index in [1.165, 1.54) is 6.07 Å². The second kappa shape index (κ2) is 7.67. The third-order valence-corrected chi connectivity index (χ3v) is 4.95. The van der Waals surface area contributed by atoms with E-state index in [1.807, 2.05) is 30.3 Å². The highest BCUT2D eigenvalue weighted by Gasteiger charge is 2.07. The molecule has 4 rings (SSSR count). The maximum absolute atomic E-state index is 12.3. The van der Waals surface area contributed by atoms with E-state index < -0.39 is 6.61 Å². The van der Waals surface area contributed by atoms with Gasteiger partial charge >= 0.3 is 6.61 Å². The molecule has 0 saturated heterocycles. The van der Waals surface area contributed by atoms with Crippen LogP contribution < -0.4 is 10.1 Å². The van der Waals surface area contributed by atoms with Gasteiger partial charge in [0.25, 0.3) is 0 Å². The van der Waals surface area contributed by atoms with Gasteiger partial charge in [-0.3, -0.25) is 4.98 Å². The summed E-state index contributed by atoms with van der Waals surface area (Å²) in [5, 5.41) is 4.02. The minimum atomic E-state index is -2.83. The molecule has 2 aromatic heterocycles. The summed E-state index contributed by atoms with van der Waals surface area (Å²) in [4.78, 5) is 8.62. The largest absolute Gasteiger partial charge is 0.435 e. The number of nitrogens with zero attached hydrogens (tertiary/aromatic N) is 2. The first-order chi connectivity index (χ1) is 13.2. The van der Waals surface area contributed by atoms with E-state index in [1.54, 1.807) is 35.9 Å². The fourth-order valence-electron chi connectivity index (χ4n) is 2.73. The van der Waals surface area contributed by atoms with Gasteiger partial charge in [-0.2, -0.15) is 8.78 Å². The van der Waals surface area contributed by atoms with Crippen molar-refractivity contribution in [3.63, 3.8) is 0 Å². The average molecular weight is 383 g/mol. The molecular weight excluding hydrogens is 368 g/mol. The summed E-state index contributed by atoms with van der Waals surface area (Å²) < 4.78 is 30.2. The number of hydrogen-bond acceptors (Lipinski definition) is 5. The standard InChI is InChI=1S/C20H15F2N3OS/c21-19(22)26-16-3-1-2-13(10-16)12-24-20-25-17-5-4-15(11-18(17)27-20)14-6-8-23-9-7-14/h1-11,19H,12H2,(H,24,25). The van der Waals surface area contributed by atoms with Crippen LogP contribution >= 0.6 is 11.3 Å². The lowest BCUT2D eigenvalue weighted by Gasteiger charge is -2.07. The number of pyridine rings is 1.